The van der Waals surface area contributed by atoms with Crippen LogP contribution in [0.3, 0.4) is 0 Å². The predicted octanol–water partition coefficient (Wildman–Crippen LogP) is 0.301. The number of nitrogens with zero attached hydrogens (tertiary/aromatic N) is 3. The summed E-state index contributed by atoms with van der Waals surface area (Å²) in [5, 5.41) is 10.5. The van der Waals surface area contributed by atoms with Crippen molar-refractivity contribution in [2.24, 2.45) is 11.7 Å². The number of carbonyl (C=O) groups is 1. The van der Waals surface area contributed by atoms with Gasteiger partial charge in [0.1, 0.15) is 12.0 Å². The summed E-state index contributed by atoms with van der Waals surface area (Å²) in [4.78, 5) is 26.9. The van der Waals surface area contributed by atoms with E-state index in [0.717, 1.165) is 0 Å². The second-order valence-electron chi connectivity index (χ2n) is 3.97. The number of hydrogen-bond acceptors (Lipinski definition) is 5. The van der Waals surface area contributed by atoms with Crippen molar-refractivity contribution in [2.75, 3.05) is 18.0 Å². The number of aromatic nitrogens is 1. The Bertz CT molecular complexity index is 445. The van der Waals surface area contributed by atoms with E-state index in [4.69, 9.17) is 5.73 Å². The molecule has 2 N–H and O–H groups in total. The summed E-state index contributed by atoms with van der Waals surface area (Å²) in [7, 11) is 0. The van der Waals surface area contributed by atoms with E-state index in [9.17, 15) is 14.9 Å². The van der Waals surface area contributed by atoms with Gasteiger partial charge in [-0.25, -0.2) is 4.98 Å². The Morgan fingerprint density at radius 2 is 2.35 bits per heavy atom. The smallest absolute Gasteiger partial charge is 0.287 e. The molecule has 2 heterocycles. The molecule has 0 bridgehead atoms. The van der Waals surface area contributed by atoms with Gasteiger partial charge in [-0.05, 0) is 12.5 Å². The van der Waals surface area contributed by atoms with Crippen molar-refractivity contribution in [2.45, 2.75) is 6.42 Å². The summed E-state index contributed by atoms with van der Waals surface area (Å²) in [6.07, 6.45) is 1.92. The Balaban J connectivity index is 2.09. The van der Waals surface area contributed by atoms with Crippen LogP contribution in [0.1, 0.15) is 6.42 Å². The lowest BCUT2D eigenvalue weighted by Crippen LogP contribution is -2.27. The molecule has 0 spiro atoms. The number of carbonyl (C=O) groups excluding carboxylic acids is 1. The quantitative estimate of drug-likeness (QED) is 0.600. The number of primary amides is 1. The van der Waals surface area contributed by atoms with Crippen LogP contribution in [0.5, 0.6) is 0 Å². The van der Waals surface area contributed by atoms with E-state index < -0.39 is 4.92 Å². The van der Waals surface area contributed by atoms with Gasteiger partial charge >= 0.3 is 0 Å². The third kappa shape index (κ3) is 2.32. The van der Waals surface area contributed by atoms with Gasteiger partial charge in [-0.3, -0.25) is 14.9 Å². The molecule has 0 radical (unpaired) electrons. The number of anilines is 1. The number of hydrogen-bond donors (Lipinski definition) is 1. The van der Waals surface area contributed by atoms with E-state index in [1.807, 2.05) is 4.90 Å². The van der Waals surface area contributed by atoms with Crippen LogP contribution >= 0.6 is 0 Å². The normalized spacial score (nSPS) is 19.3. The highest BCUT2D eigenvalue weighted by Crippen LogP contribution is 2.23. The van der Waals surface area contributed by atoms with Crippen LogP contribution in [0.25, 0.3) is 0 Å². The fourth-order valence-corrected chi connectivity index (χ4v) is 1.87. The Hall–Kier alpha value is -2.18. The Labute approximate surface area is 97.4 Å². The average molecular weight is 236 g/mol. The van der Waals surface area contributed by atoms with Crippen LogP contribution in [0.2, 0.25) is 0 Å². The minimum atomic E-state index is -0.493. The lowest BCUT2D eigenvalue weighted by molar-refractivity contribution is -0.385. The third-order valence-corrected chi connectivity index (χ3v) is 2.86. The number of rotatable bonds is 3. The fourth-order valence-electron chi connectivity index (χ4n) is 1.87. The van der Waals surface area contributed by atoms with Crippen LogP contribution < -0.4 is 10.6 Å². The van der Waals surface area contributed by atoms with Crippen LogP contribution in [0.4, 0.5) is 11.5 Å². The van der Waals surface area contributed by atoms with Gasteiger partial charge in [0, 0.05) is 19.2 Å². The van der Waals surface area contributed by atoms with Gasteiger partial charge < -0.3 is 10.6 Å². The highest BCUT2D eigenvalue weighted by atomic mass is 16.6. The zero-order valence-electron chi connectivity index (χ0n) is 9.07. The van der Waals surface area contributed by atoms with Crippen LogP contribution in [0, 0.1) is 16.0 Å². The molecular weight excluding hydrogens is 224 g/mol. The zero-order valence-corrected chi connectivity index (χ0v) is 9.07. The maximum absolute atomic E-state index is 11.0. The minimum Gasteiger partial charge on any atom is -0.369 e. The van der Waals surface area contributed by atoms with Crippen molar-refractivity contribution in [1.29, 1.82) is 0 Å². The third-order valence-electron chi connectivity index (χ3n) is 2.86. The predicted molar refractivity (Wildman–Crippen MR) is 60.4 cm³/mol. The van der Waals surface area contributed by atoms with Crippen LogP contribution in [0.15, 0.2) is 18.3 Å². The van der Waals surface area contributed by atoms with Crippen molar-refractivity contribution >= 4 is 17.4 Å². The SMILES string of the molecule is NC(=O)C1CCN(c2ccc([N+](=O)[O-])cn2)C1. The summed E-state index contributed by atoms with van der Waals surface area (Å²) in [6, 6.07) is 2.99. The standard InChI is InChI=1S/C10H12N4O3/c11-10(15)7-3-4-13(6-7)9-2-1-8(5-12-9)14(16)17/h1-2,5,7H,3-4,6H2,(H2,11,15). The Morgan fingerprint density at radius 3 is 2.82 bits per heavy atom. The summed E-state index contributed by atoms with van der Waals surface area (Å²) in [5.41, 5.74) is 5.18. The summed E-state index contributed by atoms with van der Waals surface area (Å²) >= 11 is 0. The highest BCUT2D eigenvalue weighted by molar-refractivity contribution is 5.78. The number of nitro groups is 1. The lowest BCUT2D eigenvalue weighted by Gasteiger charge is -2.16. The minimum absolute atomic E-state index is 0.0422. The van der Waals surface area contributed by atoms with Gasteiger partial charge in [-0.15, -0.1) is 0 Å². The van der Waals surface area contributed by atoms with Crippen LogP contribution in [-0.2, 0) is 4.79 Å². The molecule has 1 fully saturated rings. The monoisotopic (exact) mass is 236 g/mol. The van der Waals surface area contributed by atoms with Gasteiger partial charge in [0.2, 0.25) is 5.91 Å². The molecular formula is C10H12N4O3. The first-order chi connectivity index (χ1) is 8.08. The number of nitrogens with two attached hydrogens (primary N) is 1. The van der Waals surface area contributed by atoms with Gasteiger partial charge in [0.25, 0.3) is 5.69 Å². The molecule has 1 aromatic rings. The average Bonchev–Trinajstić information content (AvgIpc) is 2.78. The molecule has 17 heavy (non-hydrogen) atoms. The second kappa shape index (κ2) is 4.36. The van der Waals surface area contributed by atoms with E-state index >= 15 is 0 Å². The largest absolute Gasteiger partial charge is 0.369 e. The van der Waals surface area contributed by atoms with Crippen molar-refractivity contribution in [3.63, 3.8) is 0 Å². The van der Waals surface area contributed by atoms with Gasteiger partial charge in [-0.1, -0.05) is 0 Å². The Kier molecular flexibility index (Phi) is 2.90. The van der Waals surface area contributed by atoms with E-state index in [2.05, 4.69) is 4.98 Å². The van der Waals surface area contributed by atoms with Gasteiger partial charge in [0.05, 0.1) is 10.8 Å². The summed E-state index contributed by atoms with van der Waals surface area (Å²) in [5.74, 6) is 0.167. The topological polar surface area (TPSA) is 102 Å². The zero-order chi connectivity index (χ0) is 12.4. The molecule has 1 saturated heterocycles. The fraction of sp³-hybridized carbons (Fsp3) is 0.400. The van der Waals surface area contributed by atoms with Crippen LogP contribution in [-0.4, -0.2) is 28.9 Å². The Morgan fingerprint density at radius 1 is 1.59 bits per heavy atom. The van der Waals surface area contributed by atoms with E-state index in [1.54, 1.807) is 6.07 Å². The van der Waals surface area contributed by atoms with Crippen molar-refractivity contribution < 1.29 is 9.72 Å². The second-order valence-corrected chi connectivity index (χ2v) is 3.97. The number of amides is 1. The first-order valence-electron chi connectivity index (χ1n) is 5.22. The number of pyridine rings is 1. The molecule has 7 heteroatoms. The maximum atomic E-state index is 11.0. The lowest BCUT2D eigenvalue weighted by atomic mass is 10.1. The van der Waals surface area contributed by atoms with E-state index in [-0.39, 0.29) is 17.5 Å². The summed E-state index contributed by atoms with van der Waals surface area (Å²) in [6.45, 7) is 1.22. The molecule has 7 nitrogen and oxygen atoms in total. The van der Waals surface area contributed by atoms with E-state index in [1.165, 1.54) is 12.3 Å². The molecule has 1 unspecified atom stereocenters. The molecule has 1 aromatic heterocycles. The van der Waals surface area contributed by atoms with E-state index in [0.29, 0.717) is 25.3 Å². The molecule has 1 aliphatic heterocycles. The molecule has 0 aromatic carbocycles. The van der Waals surface area contributed by atoms with Crippen molar-refractivity contribution in [3.05, 3.63) is 28.4 Å². The first-order valence-corrected chi connectivity index (χ1v) is 5.22. The molecule has 1 amide bonds. The van der Waals surface area contributed by atoms with Crippen molar-refractivity contribution in [3.8, 4) is 0 Å². The summed E-state index contributed by atoms with van der Waals surface area (Å²) < 4.78 is 0. The molecule has 2 rings (SSSR count). The molecule has 1 atom stereocenters. The molecule has 0 saturated carbocycles. The first kappa shape index (κ1) is 11.3. The molecule has 90 valence electrons. The molecule has 0 aliphatic carbocycles. The highest BCUT2D eigenvalue weighted by Gasteiger charge is 2.27. The van der Waals surface area contributed by atoms with Gasteiger partial charge in [0.15, 0.2) is 0 Å². The maximum Gasteiger partial charge on any atom is 0.287 e. The molecule has 1 aliphatic rings. The van der Waals surface area contributed by atoms with Crippen molar-refractivity contribution in [1.82, 2.24) is 4.98 Å². The van der Waals surface area contributed by atoms with Gasteiger partial charge in [-0.2, -0.15) is 0 Å².